The minimum atomic E-state index is -0.747. The Kier molecular flexibility index (Phi) is 8.25. The van der Waals surface area contributed by atoms with Crippen LogP contribution in [0.25, 0.3) is 22.3 Å². The second-order valence-corrected chi connectivity index (χ2v) is 14.7. The first-order valence-electron chi connectivity index (χ1n) is 15.3. The highest BCUT2D eigenvalue weighted by atomic mass is 35.5. The minimum absolute atomic E-state index is 0.197. The molecule has 0 heterocycles. The molecule has 0 saturated heterocycles. The van der Waals surface area contributed by atoms with Gasteiger partial charge in [-0.1, -0.05) is 136 Å². The molecule has 48 heavy (non-hydrogen) atoms. The van der Waals surface area contributed by atoms with Crippen molar-refractivity contribution in [2.45, 2.75) is 11.3 Å². The predicted molar refractivity (Wildman–Crippen MR) is 206 cm³/mol. The number of benzene rings is 6. The van der Waals surface area contributed by atoms with Crippen molar-refractivity contribution in [1.29, 1.82) is 0 Å². The Morgan fingerprint density at radius 3 is 1.27 bits per heavy atom. The molecule has 0 spiro atoms. The maximum Gasteiger partial charge on any atom is 0.0585 e. The van der Waals surface area contributed by atoms with Crippen LogP contribution in [0.5, 0.6) is 0 Å². The van der Waals surface area contributed by atoms with Gasteiger partial charge in [0.1, 0.15) is 0 Å². The van der Waals surface area contributed by atoms with Crippen molar-refractivity contribution >= 4 is 91.9 Å². The summed E-state index contributed by atoms with van der Waals surface area (Å²) in [6.45, 7) is 0. The highest BCUT2D eigenvalue weighted by molar-refractivity contribution is 6.36. The van der Waals surface area contributed by atoms with Crippen LogP contribution in [0.15, 0.2) is 140 Å². The standard InChI is InChI=1S/C42H24Cl6/c43-29-11-1-24(2-12-29)37-38(25-3-13-30(44)14-4-25)41-35-22-21-34(48)23-36(35)39(26-5-15-31(45)16-6-26)42(41,28-9-19-33(47)20-10-28)40(37)27-7-17-32(46)18-8-27/h1-23,39H/t39-,42+/m1/s1. The van der Waals surface area contributed by atoms with Crippen molar-refractivity contribution in [1.82, 2.24) is 0 Å². The van der Waals surface area contributed by atoms with Crippen LogP contribution in [-0.2, 0) is 5.41 Å². The molecule has 0 aliphatic heterocycles. The molecular formula is C42H24Cl6. The lowest BCUT2D eigenvalue weighted by atomic mass is 9.61. The van der Waals surface area contributed by atoms with E-state index in [1.54, 1.807) is 0 Å². The van der Waals surface area contributed by atoms with E-state index in [1.165, 1.54) is 5.57 Å². The van der Waals surface area contributed by atoms with Crippen LogP contribution in [0.3, 0.4) is 0 Å². The molecule has 0 amide bonds. The fourth-order valence-electron chi connectivity index (χ4n) is 7.69. The van der Waals surface area contributed by atoms with E-state index in [9.17, 15) is 0 Å². The summed E-state index contributed by atoms with van der Waals surface area (Å²) in [5, 5.41) is 3.99. The molecule has 8 rings (SSSR count). The van der Waals surface area contributed by atoms with Crippen LogP contribution in [0.2, 0.25) is 30.1 Å². The molecule has 6 heteroatoms. The zero-order chi connectivity index (χ0) is 33.2. The zero-order valence-electron chi connectivity index (χ0n) is 25.1. The van der Waals surface area contributed by atoms with Crippen LogP contribution in [0.4, 0.5) is 0 Å². The lowest BCUT2D eigenvalue weighted by Crippen LogP contribution is -2.31. The molecule has 0 radical (unpaired) electrons. The topological polar surface area (TPSA) is 0 Å². The SMILES string of the molecule is Clc1ccc(C2=C(c3ccc(Cl)cc3)[C@@]3(c4ccc(Cl)cc4)C(=C2c2ccc(Cl)cc2)c2ccc(Cl)cc2[C@H]3c2ccc(Cl)cc2)cc1. The molecule has 234 valence electrons. The first kappa shape index (κ1) is 31.8. The van der Waals surface area contributed by atoms with Gasteiger partial charge in [-0.2, -0.15) is 0 Å². The second-order valence-electron chi connectivity index (χ2n) is 12.1. The fourth-order valence-corrected chi connectivity index (χ4v) is 8.50. The van der Waals surface area contributed by atoms with Gasteiger partial charge in [0, 0.05) is 36.1 Å². The maximum atomic E-state index is 6.84. The number of allylic oxidation sites excluding steroid dienone is 4. The van der Waals surface area contributed by atoms with Gasteiger partial charge in [0.25, 0.3) is 0 Å². The van der Waals surface area contributed by atoms with E-state index in [2.05, 4.69) is 72.8 Å². The van der Waals surface area contributed by atoms with Gasteiger partial charge in [0.2, 0.25) is 0 Å². The van der Waals surface area contributed by atoms with Gasteiger partial charge in [-0.3, -0.25) is 0 Å². The normalized spacial score (nSPS) is 18.3. The molecule has 0 unspecified atom stereocenters. The molecular weight excluding hydrogens is 717 g/mol. The Balaban J connectivity index is 1.64. The van der Waals surface area contributed by atoms with Crippen molar-refractivity contribution in [3.05, 3.63) is 209 Å². The number of halogens is 6. The Labute approximate surface area is 309 Å². The van der Waals surface area contributed by atoms with Crippen LogP contribution in [0, 0.1) is 0 Å². The van der Waals surface area contributed by atoms with Gasteiger partial charge in [-0.05, 0) is 134 Å². The number of hydrogen-bond acceptors (Lipinski definition) is 0. The third-order valence-electron chi connectivity index (χ3n) is 9.47. The maximum absolute atomic E-state index is 6.84. The van der Waals surface area contributed by atoms with E-state index in [0.29, 0.717) is 30.1 Å². The summed E-state index contributed by atoms with van der Waals surface area (Å²) in [6.07, 6.45) is 0. The summed E-state index contributed by atoms with van der Waals surface area (Å²) in [4.78, 5) is 0. The second kappa shape index (κ2) is 12.5. The summed E-state index contributed by atoms with van der Waals surface area (Å²) in [5.74, 6) is -0.197. The fraction of sp³-hybridized carbons (Fsp3) is 0.0476. The van der Waals surface area contributed by atoms with E-state index in [0.717, 1.165) is 55.7 Å². The third kappa shape index (κ3) is 5.14. The Hall–Kier alpha value is -3.46. The van der Waals surface area contributed by atoms with Crippen molar-refractivity contribution in [2.24, 2.45) is 0 Å². The first-order valence-corrected chi connectivity index (χ1v) is 17.6. The molecule has 6 aromatic carbocycles. The quantitative estimate of drug-likeness (QED) is 0.165. The van der Waals surface area contributed by atoms with Crippen molar-refractivity contribution in [3.63, 3.8) is 0 Å². The van der Waals surface area contributed by atoms with Gasteiger partial charge in [-0.25, -0.2) is 0 Å². The molecule has 0 bridgehead atoms. The third-order valence-corrected chi connectivity index (χ3v) is 11.0. The lowest BCUT2D eigenvalue weighted by molar-refractivity contribution is 0.646. The monoisotopic (exact) mass is 738 g/mol. The summed E-state index contributed by atoms with van der Waals surface area (Å²) >= 11 is 39.5. The molecule has 6 aromatic rings. The average molecular weight is 741 g/mol. The molecule has 2 aliphatic carbocycles. The molecule has 0 saturated carbocycles. The number of rotatable bonds is 5. The first-order chi connectivity index (χ1) is 23.3. The molecule has 0 nitrogen and oxygen atoms in total. The van der Waals surface area contributed by atoms with Crippen molar-refractivity contribution in [2.75, 3.05) is 0 Å². The van der Waals surface area contributed by atoms with E-state index in [-0.39, 0.29) is 5.92 Å². The van der Waals surface area contributed by atoms with E-state index < -0.39 is 5.41 Å². The summed E-state index contributed by atoms with van der Waals surface area (Å²) in [5.41, 5.74) is 11.3. The molecule has 0 fully saturated rings. The van der Waals surface area contributed by atoms with Gasteiger partial charge in [0.05, 0.1) is 5.41 Å². The van der Waals surface area contributed by atoms with Crippen LogP contribution in [0.1, 0.15) is 44.9 Å². The van der Waals surface area contributed by atoms with Crippen LogP contribution in [-0.4, -0.2) is 0 Å². The summed E-state index contributed by atoms with van der Waals surface area (Å²) in [7, 11) is 0. The molecule has 0 aromatic heterocycles. The summed E-state index contributed by atoms with van der Waals surface area (Å²) < 4.78 is 0. The van der Waals surface area contributed by atoms with Gasteiger partial charge in [0.15, 0.2) is 0 Å². The highest BCUT2D eigenvalue weighted by Crippen LogP contribution is 2.72. The van der Waals surface area contributed by atoms with E-state index in [1.807, 2.05) is 66.7 Å². The van der Waals surface area contributed by atoms with E-state index >= 15 is 0 Å². The summed E-state index contributed by atoms with van der Waals surface area (Å²) in [6, 6.07) is 47.0. The van der Waals surface area contributed by atoms with Gasteiger partial charge >= 0.3 is 0 Å². The van der Waals surface area contributed by atoms with Gasteiger partial charge < -0.3 is 0 Å². The average Bonchev–Trinajstić information content (AvgIpc) is 3.54. The van der Waals surface area contributed by atoms with Crippen molar-refractivity contribution in [3.8, 4) is 0 Å². The van der Waals surface area contributed by atoms with E-state index in [4.69, 9.17) is 69.6 Å². The Morgan fingerprint density at radius 1 is 0.375 bits per heavy atom. The van der Waals surface area contributed by atoms with Crippen LogP contribution < -0.4 is 0 Å². The van der Waals surface area contributed by atoms with Crippen LogP contribution >= 0.6 is 69.6 Å². The largest absolute Gasteiger partial charge is 0.0843 e. The molecule has 2 aliphatic rings. The zero-order valence-corrected chi connectivity index (χ0v) is 29.7. The lowest BCUT2D eigenvalue weighted by Gasteiger charge is -2.39. The Bertz CT molecular complexity index is 2200. The van der Waals surface area contributed by atoms with Gasteiger partial charge in [-0.15, -0.1) is 0 Å². The molecule has 0 N–H and O–H groups in total. The predicted octanol–water partition coefficient (Wildman–Crippen LogP) is 14.2. The van der Waals surface area contributed by atoms with Crippen molar-refractivity contribution < 1.29 is 0 Å². The molecule has 2 atom stereocenters. The smallest absolute Gasteiger partial charge is 0.0585 e. The highest BCUT2D eigenvalue weighted by Gasteiger charge is 2.59. The Morgan fingerprint density at radius 2 is 0.771 bits per heavy atom. The minimum Gasteiger partial charge on any atom is -0.0843 e. The number of hydrogen-bond donors (Lipinski definition) is 0. The number of fused-ring (bicyclic) bond motifs is 3.